The van der Waals surface area contributed by atoms with Crippen LogP contribution < -0.4 is 5.73 Å². The zero-order valence-electron chi connectivity index (χ0n) is 8.80. The number of ether oxygens (including phenoxy) is 1. The maximum atomic E-state index is 6.09. The highest BCUT2D eigenvalue weighted by atomic mass is 32.1. The number of aromatic nitrogens is 2. The van der Waals surface area contributed by atoms with E-state index in [9.17, 15) is 0 Å². The topological polar surface area (TPSA) is 64.3 Å². The summed E-state index contributed by atoms with van der Waals surface area (Å²) in [4.78, 5) is 2.32. The summed E-state index contributed by atoms with van der Waals surface area (Å²) < 4.78 is 8.94. The number of nitrogens with zero attached hydrogens (tertiary/aromatic N) is 3. The Kier molecular flexibility index (Phi) is 3.63. The first-order chi connectivity index (χ1) is 7.31. The van der Waals surface area contributed by atoms with Crippen molar-refractivity contribution >= 4 is 11.5 Å². The highest BCUT2D eigenvalue weighted by Gasteiger charge is 2.32. The lowest BCUT2D eigenvalue weighted by Gasteiger charge is -2.13. The molecule has 1 fully saturated rings. The zero-order chi connectivity index (χ0) is 10.7. The fraction of sp³-hybridized carbons (Fsp3) is 0.778. The van der Waals surface area contributed by atoms with E-state index in [-0.39, 0.29) is 6.04 Å². The second kappa shape index (κ2) is 4.98. The Bertz CT molecular complexity index is 292. The van der Waals surface area contributed by atoms with Gasteiger partial charge in [0, 0.05) is 44.1 Å². The maximum Gasteiger partial charge on any atom is 0.0815 e. The Hall–Kier alpha value is -0.560. The molecule has 0 bridgehead atoms. The van der Waals surface area contributed by atoms with Crippen LogP contribution in [-0.4, -0.2) is 53.9 Å². The molecular weight excluding hydrogens is 212 g/mol. The zero-order valence-corrected chi connectivity index (χ0v) is 9.61. The third kappa shape index (κ3) is 2.52. The lowest BCUT2D eigenvalue weighted by atomic mass is 10.0. The first-order valence-electron chi connectivity index (χ1n) is 5.05. The molecule has 1 aromatic rings. The van der Waals surface area contributed by atoms with Gasteiger partial charge >= 0.3 is 0 Å². The molecule has 84 valence electrons. The fourth-order valence-electron chi connectivity index (χ4n) is 1.96. The molecule has 2 heterocycles. The van der Waals surface area contributed by atoms with Crippen molar-refractivity contribution in [3.63, 3.8) is 0 Å². The van der Waals surface area contributed by atoms with Crippen LogP contribution in [0.2, 0.25) is 0 Å². The van der Waals surface area contributed by atoms with Gasteiger partial charge in [-0.3, -0.25) is 4.90 Å². The van der Waals surface area contributed by atoms with E-state index in [2.05, 4.69) is 14.5 Å². The van der Waals surface area contributed by atoms with E-state index in [1.807, 2.05) is 5.38 Å². The highest BCUT2D eigenvalue weighted by Crippen LogP contribution is 2.25. The van der Waals surface area contributed by atoms with Gasteiger partial charge in [-0.1, -0.05) is 4.49 Å². The molecule has 2 atom stereocenters. The van der Waals surface area contributed by atoms with Crippen molar-refractivity contribution in [2.75, 3.05) is 33.4 Å². The molecule has 2 rings (SSSR count). The Morgan fingerprint density at radius 3 is 3.20 bits per heavy atom. The maximum absolute atomic E-state index is 6.09. The number of methoxy groups -OCH3 is 1. The Balaban J connectivity index is 1.93. The first-order valence-corrected chi connectivity index (χ1v) is 5.88. The summed E-state index contributed by atoms with van der Waals surface area (Å²) in [6.45, 7) is 3.59. The minimum Gasteiger partial charge on any atom is -0.383 e. The quantitative estimate of drug-likeness (QED) is 0.780. The van der Waals surface area contributed by atoms with Crippen LogP contribution in [0.5, 0.6) is 0 Å². The summed E-state index contributed by atoms with van der Waals surface area (Å²) in [5.74, 6) is 0.334. The molecule has 5 nitrogen and oxygen atoms in total. The molecule has 2 N–H and O–H groups in total. The van der Waals surface area contributed by atoms with E-state index in [1.54, 1.807) is 7.11 Å². The van der Waals surface area contributed by atoms with Gasteiger partial charge in [-0.05, 0) is 11.5 Å². The van der Waals surface area contributed by atoms with Gasteiger partial charge in [0.25, 0.3) is 0 Å². The van der Waals surface area contributed by atoms with Crippen LogP contribution in [-0.2, 0) is 4.74 Å². The first kappa shape index (κ1) is 10.9. The normalized spacial score (nSPS) is 27.3. The molecule has 0 radical (unpaired) electrons. The molecule has 0 aromatic carbocycles. The van der Waals surface area contributed by atoms with Gasteiger partial charge in [-0.2, -0.15) is 0 Å². The van der Waals surface area contributed by atoms with Crippen molar-refractivity contribution < 1.29 is 4.74 Å². The molecule has 15 heavy (non-hydrogen) atoms. The van der Waals surface area contributed by atoms with Gasteiger partial charge in [-0.25, -0.2) is 0 Å². The van der Waals surface area contributed by atoms with Gasteiger partial charge in [0.15, 0.2) is 0 Å². The molecule has 0 amide bonds. The van der Waals surface area contributed by atoms with Crippen LogP contribution in [0.3, 0.4) is 0 Å². The van der Waals surface area contributed by atoms with Crippen molar-refractivity contribution in [3.8, 4) is 0 Å². The smallest absolute Gasteiger partial charge is 0.0815 e. The third-order valence-electron chi connectivity index (χ3n) is 2.81. The Morgan fingerprint density at radius 1 is 1.67 bits per heavy atom. The molecule has 1 aliphatic rings. The number of hydrogen-bond donors (Lipinski definition) is 1. The van der Waals surface area contributed by atoms with Gasteiger partial charge in [0.2, 0.25) is 0 Å². The molecule has 1 unspecified atom stereocenters. The molecule has 1 saturated heterocycles. The molecule has 0 saturated carbocycles. The van der Waals surface area contributed by atoms with Gasteiger partial charge in [0.1, 0.15) is 0 Å². The van der Waals surface area contributed by atoms with E-state index in [0.29, 0.717) is 5.92 Å². The summed E-state index contributed by atoms with van der Waals surface area (Å²) in [7, 11) is 1.72. The van der Waals surface area contributed by atoms with Gasteiger partial charge < -0.3 is 10.5 Å². The lowest BCUT2D eigenvalue weighted by molar-refractivity contribution is 0.159. The van der Waals surface area contributed by atoms with Crippen LogP contribution in [0.25, 0.3) is 0 Å². The summed E-state index contributed by atoms with van der Waals surface area (Å²) in [6, 6.07) is 0.172. The van der Waals surface area contributed by atoms with E-state index in [1.165, 1.54) is 11.5 Å². The number of nitrogens with two attached hydrogens (primary N) is 1. The summed E-state index contributed by atoms with van der Waals surface area (Å²) in [6.07, 6.45) is 0. The molecule has 6 heteroatoms. The number of rotatable bonds is 4. The Labute approximate surface area is 93.4 Å². The SMILES string of the molecule is COCCN1CC(c2csnn2)[C@H](N)C1. The second-order valence-electron chi connectivity index (χ2n) is 3.85. The predicted octanol–water partition coefficient (Wildman–Crippen LogP) is -0.0890. The van der Waals surface area contributed by atoms with Crippen molar-refractivity contribution in [1.82, 2.24) is 14.5 Å². The molecule has 1 aromatic heterocycles. The summed E-state index contributed by atoms with van der Waals surface area (Å²) in [5, 5.41) is 6.08. The fourth-order valence-corrected chi connectivity index (χ4v) is 2.48. The second-order valence-corrected chi connectivity index (χ2v) is 4.46. The van der Waals surface area contributed by atoms with E-state index >= 15 is 0 Å². The molecule has 0 spiro atoms. The van der Waals surface area contributed by atoms with E-state index in [0.717, 1.165) is 31.9 Å². The standard InChI is InChI=1S/C9H16N4OS/c1-14-3-2-13-4-7(8(10)5-13)9-6-15-12-11-9/h6-8H,2-5,10H2,1H3/t7?,8-/m1/s1. The average Bonchev–Trinajstić information content (AvgIpc) is 2.83. The third-order valence-corrected chi connectivity index (χ3v) is 3.33. The molecule has 1 aliphatic heterocycles. The van der Waals surface area contributed by atoms with E-state index in [4.69, 9.17) is 10.5 Å². The predicted molar refractivity (Wildman–Crippen MR) is 58.9 cm³/mol. The van der Waals surface area contributed by atoms with Crippen LogP contribution in [0.4, 0.5) is 0 Å². The minimum absolute atomic E-state index is 0.172. The van der Waals surface area contributed by atoms with Crippen molar-refractivity contribution in [1.29, 1.82) is 0 Å². The van der Waals surface area contributed by atoms with Crippen LogP contribution in [0.15, 0.2) is 5.38 Å². The van der Waals surface area contributed by atoms with Crippen molar-refractivity contribution in [2.45, 2.75) is 12.0 Å². The molecular formula is C9H16N4OS. The number of hydrogen-bond acceptors (Lipinski definition) is 6. The number of likely N-dealkylation sites (tertiary alicyclic amines) is 1. The molecule has 0 aliphatic carbocycles. The summed E-state index contributed by atoms with van der Waals surface area (Å²) >= 11 is 1.39. The monoisotopic (exact) mass is 228 g/mol. The van der Waals surface area contributed by atoms with Crippen LogP contribution in [0.1, 0.15) is 11.6 Å². The van der Waals surface area contributed by atoms with Gasteiger partial charge in [-0.15, -0.1) is 5.10 Å². The average molecular weight is 228 g/mol. The van der Waals surface area contributed by atoms with Crippen molar-refractivity contribution in [3.05, 3.63) is 11.1 Å². The largest absolute Gasteiger partial charge is 0.383 e. The van der Waals surface area contributed by atoms with Crippen LogP contribution in [0, 0.1) is 0 Å². The van der Waals surface area contributed by atoms with Crippen LogP contribution >= 0.6 is 11.5 Å². The van der Waals surface area contributed by atoms with Crippen molar-refractivity contribution in [2.24, 2.45) is 5.73 Å². The summed E-state index contributed by atoms with van der Waals surface area (Å²) in [5.41, 5.74) is 7.12. The van der Waals surface area contributed by atoms with E-state index < -0.39 is 0 Å². The Morgan fingerprint density at radius 2 is 2.53 bits per heavy atom. The highest BCUT2D eigenvalue weighted by molar-refractivity contribution is 7.03. The lowest BCUT2D eigenvalue weighted by Crippen LogP contribution is -2.30. The van der Waals surface area contributed by atoms with Gasteiger partial charge in [0.05, 0.1) is 12.3 Å². The minimum atomic E-state index is 0.172.